The van der Waals surface area contributed by atoms with Crippen molar-refractivity contribution < 1.29 is 0 Å². The van der Waals surface area contributed by atoms with Crippen LogP contribution in [0.1, 0.15) is 46.5 Å². The predicted molar refractivity (Wildman–Crippen MR) is 59.9 cm³/mol. The highest BCUT2D eigenvalue weighted by atomic mass is 15.1. The monoisotopic (exact) mass is 186 g/mol. The third-order valence-electron chi connectivity index (χ3n) is 2.23. The minimum Gasteiger partial charge on any atom is -0.327 e. The number of nitrogens with two attached hydrogens (primary N) is 1. The summed E-state index contributed by atoms with van der Waals surface area (Å²) in [5.74, 6) is 0. The molecule has 80 valence electrons. The van der Waals surface area contributed by atoms with Crippen molar-refractivity contribution in [2.75, 3.05) is 19.6 Å². The molecule has 0 heterocycles. The SMILES string of the molecule is CCC[C@H](N)CN(CCC)CCC. The smallest absolute Gasteiger partial charge is 0.0167 e. The van der Waals surface area contributed by atoms with Gasteiger partial charge in [-0.05, 0) is 32.4 Å². The van der Waals surface area contributed by atoms with Gasteiger partial charge in [0.15, 0.2) is 0 Å². The summed E-state index contributed by atoms with van der Waals surface area (Å²) < 4.78 is 0. The van der Waals surface area contributed by atoms with Gasteiger partial charge >= 0.3 is 0 Å². The zero-order valence-corrected chi connectivity index (χ0v) is 9.55. The van der Waals surface area contributed by atoms with Gasteiger partial charge in [0.1, 0.15) is 0 Å². The number of hydrogen-bond donors (Lipinski definition) is 1. The number of rotatable bonds is 8. The molecule has 0 bridgehead atoms. The van der Waals surface area contributed by atoms with E-state index < -0.39 is 0 Å². The molecule has 0 saturated heterocycles. The van der Waals surface area contributed by atoms with Crippen LogP contribution in [0.2, 0.25) is 0 Å². The number of hydrogen-bond acceptors (Lipinski definition) is 2. The van der Waals surface area contributed by atoms with Crippen molar-refractivity contribution in [1.29, 1.82) is 0 Å². The Kier molecular flexibility index (Phi) is 8.46. The first-order valence-electron chi connectivity index (χ1n) is 5.72. The third kappa shape index (κ3) is 7.03. The van der Waals surface area contributed by atoms with Crippen LogP contribution in [0.15, 0.2) is 0 Å². The van der Waals surface area contributed by atoms with Gasteiger partial charge in [0.25, 0.3) is 0 Å². The first kappa shape index (κ1) is 12.9. The van der Waals surface area contributed by atoms with Gasteiger partial charge in [0.05, 0.1) is 0 Å². The Balaban J connectivity index is 3.64. The third-order valence-corrected chi connectivity index (χ3v) is 2.23. The second kappa shape index (κ2) is 8.52. The van der Waals surface area contributed by atoms with E-state index in [0.717, 1.165) is 13.0 Å². The minimum absolute atomic E-state index is 0.378. The molecule has 0 aliphatic carbocycles. The molecule has 0 unspecified atom stereocenters. The van der Waals surface area contributed by atoms with Gasteiger partial charge in [0, 0.05) is 12.6 Å². The lowest BCUT2D eigenvalue weighted by molar-refractivity contribution is 0.253. The highest BCUT2D eigenvalue weighted by Crippen LogP contribution is 2.00. The summed E-state index contributed by atoms with van der Waals surface area (Å²) in [6.07, 6.45) is 4.83. The maximum Gasteiger partial charge on any atom is 0.0167 e. The largest absolute Gasteiger partial charge is 0.327 e. The predicted octanol–water partition coefficient (Wildman–Crippen LogP) is 2.24. The van der Waals surface area contributed by atoms with E-state index >= 15 is 0 Å². The highest BCUT2D eigenvalue weighted by molar-refractivity contribution is 4.67. The summed E-state index contributed by atoms with van der Waals surface area (Å²) in [5.41, 5.74) is 6.00. The minimum atomic E-state index is 0.378. The number of nitrogens with zero attached hydrogens (tertiary/aromatic N) is 1. The fourth-order valence-electron chi connectivity index (χ4n) is 1.72. The first-order chi connectivity index (χ1) is 6.24. The maximum absolute atomic E-state index is 6.00. The normalized spacial score (nSPS) is 13.6. The zero-order chi connectivity index (χ0) is 10.1. The molecule has 0 fully saturated rings. The van der Waals surface area contributed by atoms with Gasteiger partial charge in [0.2, 0.25) is 0 Å². The van der Waals surface area contributed by atoms with Crippen molar-refractivity contribution in [3.63, 3.8) is 0 Å². The van der Waals surface area contributed by atoms with Crippen LogP contribution >= 0.6 is 0 Å². The molecule has 13 heavy (non-hydrogen) atoms. The van der Waals surface area contributed by atoms with Gasteiger partial charge in [-0.3, -0.25) is 0 Å². The summed E-state index contributed by atoms with van der Waals surface area (Å²) >= 11 is 0. The summed E-state index contributed by atoms with van der Waals surface area (Å²) in [6.45, 7) is 10.1. The Morgan fingerprint density at radius 1 is 1.00 bits per heavy atom. The molecule has 0 amide bonds. The Morgan fingerprint density at radius 3 is 1.92 bits per heavy atom. The highest BCUT2D eigenvalue weighted by Gasteiger charge is 2.07. The Morgan fingerprint density at radius 2 is 1.54 bits per heavy atom. The molecule has 2 heteroatoms. The van der Waals surface area contributed by atoms with Gasteiger partial charge < -0.3 is 10.6 Å². The lowest BCUT2D eigenvalue weighted by Crippen LogP contribution is -2.38. The van der Waals surface area contributed by atoms with Crippen molar-refractivity contribution in [1.82, 2.24) is 4.90 Å². The van der Waals surface area contributed by atoms with Crippen LogP contribution in [0, 0.1) is 0 Å². The molecule has 0 aromatic heterocycles. The van der Waals surface area contributed by atoms with Crippen molar-refractivity contribution in [3.8, 4) is 0 Å². The van der Waals surface area contributed by atoms with E-state index in [0.29, 0.717) is 6.04 Å². The van der Waals surface area contributed by atoms with Gasteiger partial charge in [-0.1, -0.05) is 27.2 Å². The molecular formula is C11H26N2. The standard InChI is InChI=1S/C11H26N2/c1-4-7-11(12)10-13(8-5-2)9-6-3/h11H,4-10,12H2,1-3H3/t11-/m0/s1. The molecule has 0 rings (SSSR count). The van der Waals surface area contributed by atoms with Crippen LogP contribution in [-0.2, 0) is 0 Å². The average molecular weight is 186 g/mol. The Labute approximate surface area is 83.5 Å². The first-order valence-corrected chi connectivity index (χ1v) is 5.72. The summed E-state index contributed by atoms with van der Waals surface area (Å²) in [5, 5.41) is 0. The molecular weight excluding hydrogens is 160 g/mol. The Hall–Kier alpha value is -0.0800. The van der Waals surface area contributed by atoms with Crippen LogP contribution in [0.3, 0.4) is 0 Å². The maximum atomic E-state index is 6.00. The molecule has 0 spiro atoms. The summed E-state index contributed by atoms with van der Waals surface area (Å²) in [7, 11) is 0. The van der Waals surface area contributed by atoms with Crippen molar-refractivity contribution in [2.45, 2.75) is 52.5 Å². The van der Waals surface area contributed by atoms with Gasteiger partial charge in [-0.15, -0.1) is 0 Å². The van der Waals surface area contributed by atoms with Gasteiger partial charge in [-0.2, -0.15) is 0 Å². The van der Waals surface area contributed by atoms with Crippen molar-refractivity contribution >= 4 is 0 Å². The van der Waals surface area contributed by atoms with Crippen LogP contribution in [0.5, 0.6) is 0 Å². The lowest BCUT2D eigenvalue weighted by Gasteiger charge is -2.24. The molecule has 0 aromatic rings. The molecule has 2 N–H and O–H groups in total. The fourth-order valence-corrected chi connectivity index (χ4v) is 1.72. The topological polar surface area (TPSA) is 29.3 Å². The van der Waals surface area contributed by atoms with Crippen molar-refractivity contribution in [2.24, 2.45) is 5.73 Å². The van der Waals surface area contributed by atoms with E-state index in [1.54, 1.807) is 0 Å². The van der Waals surface area contributed by atoms with E-state index in [4.69, 9.17) is 5.73 Å². The van der Waals surface area contributed by atoms with Crippen molar-refractivity contribution in [3.05, 3.63) is 0 Å². The molecule has 0 radical (unpaired) electrons. The van der Waals surface area contributed by atoms with Gasteiger partial charge in [-0.25, -0.2) is 0 Å². The van der Waals surface area contributed by atoms with E-state index in [1.165, 1.54) is 32.4 Å². The lowest BCUT2D eigenvalue weighted by atomic mass is 10.1. The molecule has 2 nitrogen and oxygen atoms in total. The van der Waals surface area contributed by atoms with Crippen LogP contribution in [-0.4, -0.2) is 30.6 Å². The van der Waals surface area contributed by atoms with E-state index in [2.05, 4.69) is 25.7 Å². The molecule has 0 aromatic carbocycles. The summed E-state index contributed by atoms with van der Waals surface area (Å²) in [4.78, 5) is 2.49. The molecule has 0 aliphatic heterocycles. The van der Waals surface area contributed by atoms with Crippen LogP contribution in [0.4, 0.5) is 0 Å². The zero-order valence-electron chi connectivity index (χ0n) is 9.55. The second-order valence-corrected chi connectivity index (χ2v) is 3.85. The summed E-state index contributed by atoms with van der Waals surface area (Å²) in [6, 6.07) is 0.378. The average Bonchev–Trinajstić information content (AvgIpc) is 2.05. The van der Waals surface area contributed by atoms with E-state index in [-0.39, 0.29) is 0 Å². The van der Waals surface area contributed by atoms with E-state index in [1.807, 2.05) is 0 Å². The Bertz CT molecular complexity index is 98.3. The quantitative estimate of drug-likeness (QED) is 0.630. The van der Waals surface area contributed by atoms with Crippen LogP contribution < -0.4 is 5.73 Å². The second-order valence-electron chi connectivity index (χ2n) is 3.85. The fraction of sp³-hybridized carbons (Fsp3) is 1.00. The van der Waals surface area contributed by atoms with E-state index in [9.17, 15) is 0 Å². The molecule has 1 atom stereocenters. The van der Waals surface area contributed by atoms with Crippen LogP contribution in [0.25, 0.3) is 0 Å². The molecule has 0 saturated carbocycles. The molecule has 0 aliphatic rings.